The third-order valence-electron chi connectivity index (χ3n) is 6.06. The molecule has 40 heavy (non-hydrogen) atoms. The Bertz CT molecular complexity index is 1540. The molecule has 1 unspecified atom stereocenters. The normalized spacial score (nSPS) is 12.2. The number of halogens is 1. The lowest BCUT2D eigenvalue weighted by Gasteiger charge is -2.30. The number of nitrogen functional groups attached to an aromatic ring is 1. The second kappa shape index (κ2) is 11.5. The van der Waals surface area contributed by atoms with Gasteiger partial charge in [-0.2, -0.15) is 5.10 Å². The number of hydrogen-bond donors (Lipinski definition) is 4. The van der Waals surface area contributed by atoms with Gasteiger partial charge in [-0.05, 0) is 48.2 Å². The van der Waals surface area contributed by atoms with Crippen molar-refractivity contribution in [2.45, 2.75) is 46.8 Å². The predicted molar refractivity (Wildman–Crippen MR) is 145 cm³/mol. The number of benzene rings is 2. The highest BCUT2D eigenvalue weighted by molar-refractivity contribution is 6.06. The van der Waals surface area contributed by atoms with Crippen LogP contribution in [0, 0.1) is 11.2 Å². The van der Waals surface area contributed by atoms with Crippen molar-refractivity contribution >= 4 is 34.3 Å². The first-order chi connectivity index (χ1) is 19.0. The van der Waals surface area contributed by atoms with Crippen molar-refractivity contribution in [1.82, 2.24) is 35.9 Å². The Morgan fingerprint density at radius 2 is 1.77 bits per heavy atom. The molecule has 0 aliphatic rings. The van der Waals surface area contributed by atoms with Crippen molar-refractivity contribution in [1.29, 1.82) is 0 Å². The SMILES string of the molecule is CCNC(=O)c1nnc(CNC(=O)C(NC(=O)c2nn(Cc3ccc(N)cc3)c3cc(F)ccc23)C(C)(C)C)o1. The molecule has 0 fully saturated rings. The van der Waals surface area contributed by atoms with Gasteiger partial charge in [-0.15, -0.1) is 10.2 Å². The van der Waals surface area contributed by atoms with Crippen LogP contribution in [0.15, 0.2) is 46.9 Å². The van der Waals surface area contributed by atoms with Crippen LogP contribution in [0.3, 0.4) is 0 Å². The molecule has 0 spiro atoms. The number of nitrogens with one attached hydrogen (secondary N) is 3. The van der Waals surface area contributed by atoms with Gasteiger partial charge in [0.1, 0.15) is 11.9 Å². The minimum atomic E-state index is -0.983. The van der Waals surface area contributed by atoms with Crippen LogP contribution in [0.1, 0.15) is 60.3 Å². The molecule has 210 valence electrons. The van der Waals surface area contributed by atoms with Crippen LogP contribution in [-0.2, 0) is 17.9 Å². The second-order valence-electron chi connectivity index (χ2n) is 10.3. The Kier molecular flexibility index (Phi) is 8.12. The third kappa shape index (κ3) is 6.42. The lowest BCUT2D eigenvalue weighted by Crippen LogP contribution is -2.53. The summed E-state index contributed by atoms with van der Waals surface area (Å²) in [5.41, 5.74) is 7.02. The van der Waals surface area contributed by atoms with Crippen molar-refractivity contribution in [2.75, 3.05) is 12.3 Å². The van der Waals surface area contributed by atoms with E-state index in [-0.39, 0.29) is 30.6 Å². The van der Waals surface area contributed by atoms with Crippen molar-refractivity contribution in [2.24, 2.45) is 5.41 Å². The molecule has 0 saturated heterocycles. The number of amides is 3. The van der Waals surface area contributed by atoms with Gasteiger partial charge in [0.05, 0.1) is 18.6 Å². The number of carbonyl (C=O) groups is 3. The Morgan fingerprint density at radius 1 is 1.05 bits per heavy atom. The molecule has 13 heteroatoms. The lowest BCUT2D eigenvalue weighted by atomic mass is 9.86. The van der Waals surface area contributed by atoms with Gasteiger partial charge in [-0.3, -0.25) is 19.1 Å². The number of aromatic nitrogens is 4. The molecule has 2 heterocycles. The molecule has 0 bridgehead atoms. The molecule has 12 nitrogen and oxygen atoms in total. The van der Waals surface area contributed by atoms with E-state index in [1.54, 1.807) is 39.8 Å². The van der Waals surface area contributed by atoms with Crippen LogP contribution in [0.4, 0.5) is 10.1 Å². The van der Waals surface area contributed by atoms with Gasteiger partial charge in [0.15, 0.2) is 5.69 Å². The van der Waals surface area contributed by atoms with Crippen molar-refractivity contribution in [3.63, 3.8) is 0 Å². The van der Waals surface area contributed by atoms with Crippen LogP contribution in [-0.4, -0.2) is 50.3 Å². The molecule has 2 aromatic carbocycles. The van der Waals surface area contributed by atoms with Crippen LogP contribution in [0.5, 0.6) is 0 Å². The van der Waals surface area contributed by atoms with Gasteiger partial charge >= 0.3 is 11.8 Å². The first kappa shape index (κ1) is 28.2. The molecule has 0 aliphatic carbocycles. The molecule has 1 atom stereocenters. The minimum absolute atomic E-state index is 0.0306. The van der Waals surface area contributed by atoms with Gasteiger partial charge in [0.2, 0.25) is 11.8 Å². The highest BCUT2D eigenvalue weighted by atomic mass is 19.1. The zero-order valence-corrected chi connectivity index (χ0v) is 22.6. The van der Waals surface area contributed by atoms with Gasteiger partial charge in [0.25, 0.3) is 5.91 Å². The van der Waals surface area contributed by atoms with E-state index in [0.717, 1.165) is 5.56 Å². The molecule has 0 saturated carbocycles. The standard InChI is InChI=1S/C27H31FN8O4/c1-5-30-25(39)26-34-33-20(40-26)13-31-24(38)22(27(2,3)4)32-23(37)21-18-11-8-16(28)12-19(18)36(35-21)14-15-6-9-17(29)10-7-15/h6-12,22H,5,13-14,29H2,1-4H3,(H,30,39)(H,31,38)(H,32,37). The van der Waals surface area contributed by atoms with E-state index in [2.05, 4.69) is 31.2 Å². The topological polar surface area (TPSA) is 170 Å². The van der Waals surface area contributed by atoms with E-state index < -0.39 is 35.0 Å². The predicted octanol–water partition coefficient (Wildman–Crippen LogP) is 2.40. The number of nitrogens with two attached hydrogens (primary N) is 1. The quantitative estimate of drug-likeness (QED) is 0.230. The molecule has 2 aromatic heterocycles. The Balaban J connectivity index is 1.53. The second-order valence-corrected chi connectivity index (χ2v) is 10.3. The number of hydrogen-bond acceptors (Lipinski definition) is 8. The van der Waals surface area contributed by atoms with Crippen molar-refractivity contribution in [3.05, 3.63) is 71.3 Å². The summed E-state index contributed by atoms with van der Waals surface area (Å²) in [6.45, 7) is 7.66. The van der Waals surface area contributed by atoms with E-state index in [4.69, 9.17) is 10.2 Å². The average molecular weight is 551 g/mol. The summed E-state index contributed by atoms with van der Waals surface area (Å²) in [6.07, 6.45) is 0. The summed E-state index contributed by atoms with van der Waals surface area (Å²) in [5, 5.41) is 20.3. The van der Waals surface area contributed by atoms with E-state index in [9.17, 15) is 18.8 Å². The molecule has 0 radical (unpaired) electrons. The van der Waals surface area contributed by atoms with Crippen LogP contribution in [0.25, 0.3) is 10.9 Å². The maximum Gasteiger partial charge on any atom is 0.308 e. The number of fused-ring (bicyclic) bond motifs is 1. The Morgan fingerprint density at radius 3 is 2.45 bits per heavy atom. The van der Waals surface area contributed by atoms with Crippen molar-refractivity contribution < 1.29 is 23.2 Å². The smallest absolute Gasteiger partial charge is 0.308 e. The first-order valence-electron chi connectivity index (χ1n) is 12.7. The Labute approximate surface area is 229 Å². The number of anilines is 1. The zero-order chi connectivity index (χ0) is 29.0. The summed E-state index contributed by atoms with van der Waals surface area (Å²) < 4.78 is 21.0. The zero-order valence-electron chi connectivity index (χ0n) is 22.6. The summed E-state index contributed by atoms with van der Waals surface area (Å²) in [6, 6.07) is 10.2. The molecule has 4 aromatic rings. The largest absolute Gasteiger partial charge is 0.415 e. The summed E-state index contributed by atoms with van der Waals surface area (Å²) in [5.74, 6) is -2.28. The van der Waals surface area contributed by atoms with E-state index in [1.165, 1.54) is 22.9 Å². The van der Waals surface area contributed by atoms with E-state index >= 15 is 0 Å². The lowest BCUT2D eigenvalue weighted by molar-refractivity contribution is -0.125. The number of rotatable bonds is 9. The van der Waals surface area contributed by atoms with Gasteiger partial charge < -0.3 is 26.1 Å². The summed E-state index contributed by atoms with van der Waals surface area (Å²) in [7, 11) is 0. The molecular weight excluding hydrogens is 519 g/mol. The minimum Gasteiger partial charge on any atom is -0.415 e. The molecule has 0 aliphatic heterocycles. The highest BCUT2D eigenvalue weighted by Crippen LogP contribution is 2.24. The van der Waals surface area contributed by atoms with Crippen LogP contribution < -0.4 is 21.7 Å². The van der Waals surface area contributed by atoms with E-state index in [1.807, 2.05) is 12.1 Å². The molecule has 4 rings (SSSR count). The van der Waals surface area contributed by atoms with Crippen LogP contribution in [0.2, 0.25) is 0 Å². The monoisotopic (exact) mass is 550 g/mol. The fraction of sp³-hybridized carbons (Fsp3) is 0.333. The summed E-state index contributed by atoms with van der Waals surface area (Å²) in [4.78, 5) is 38.5. The van der Waals surface area contributed by atoms with Crippen molar-refractivity contribution in [3.8, 4) is 0 Å². The number of carbonyl (C=O) groups excluding carboxylic acids is 3. The molecular formula is C27H31FN8O4. The first-order valence-corrected chi connectivity index (χ1v) is 12.7. The molecule has 3 amide bonds. The average Bonchev–Trinajstić information content (AvgIpc) is 3.51. The van der Waals surface area contributed by atoms with Gasteiger partial charge in [0, 0.05) is 17.6 Å². The van der Waals surface area contributed by atoms with Gasteiger partial charge in [-0.1, -0.05) is 32.9 Å². The van der Waals surface area contributed by atoms with Gasteiger partial charge in [-0.25, -0.2) is 4.39 Å². The van der Waals surface area contributed by atoms with E-state index in [0.29, 0.717) is 23.1 Å². The third-order valence-corrected chi connectivity index (χ3v) is 6.06. The molecule has 5 N–H and O–H groups in total. The number of nitrogens with zero attached hydrogens (tertiary/aromatic N) is 4. The highest BCUT2D eigenvalue weighted by Gasteiger charge is 2.34. The summed E-state index contributed by atoms with van der Waals surface area (Å²) >= 11 is 0. The fourth-order valence-corrected chi connectivity index (χ4v) is 4.02. The van der Waals surface area contributed by atoms with Crippen LogP contribution >= 0.6 is 0 Å². The maximum absolute atomic E-state index is 14.1. The fourth-order valence-electron chi connectivity index (χ4n) is 4.02. The maximum atomic E-state index is 14.1. The Hall–Kier alpha value is -4.81.